The second kappa shape index (κ2) is 9.99. The number of benzene rings is 2. The Hall–Kier alpha value is -4.29. The molecule has 37 heavy (non-hydrogen) atoms. The zero-order valence-corrected chi connectivity index (χ0v) is 20.5. The zero-order chi connectivity index (χ0) is 26.1. The molecule has 0 saturated carbocycles. The molecule has 3 heterocycles. The average Bonchev–Trinajstić information content (AvgIpc) is 2.92. The number of fused-ring (bicyclic) bond motifs is 1. The van der Waals surface area contributed by atoms with Crippen molar-refractivity contribution >= 4 is 22.5 Å². The van der Waals surface area contributed by atoms with Crippen molar-refractivity contribution < 1.29 is 13.5 Å². The van der Waals surface area contributed by atoms with Crippen LogP contribution < -0.4 is 15.2 Å². The number of hydrogen-bond donors (Lipinski definition) is 0. The number of halogens is 2. The van der Waals surface area contributed by atoms with Crippen molar-refractivity contribution in [3.63, 3.8) is 0 Å². The van der Waals surface area contributed by atoms with Crippen LogP contribution in [0.3, 0.4) is 0 Å². The molecule has 1 unspecified atom stereocenters. The highest BCUT2D eigenvalue weighted by molar-refractivity contribution is 5.89. The lowest BCUT2D eigenvalue weighted by molar-refractivity contribution is 0.208. The summed E-state index contributed by atoms with van der Waals surface area (Å²) in [5.41, 5.74) is 3.47. The average molecular weight is 502 g/mol. The summed E-state index contributed by atoms with van der Waals surface area (Å²) in [6.07, 6.45) is 0. The topological polar surface area (TPSA) is 55.0 Å². The number of piperazine rings is 1. The van der Waals surface area contributed by atoms with Crippen LogP contribution in [0.5, 0.6) is 5.75 Å². The quantitative estimate of drug-likeness (QED) is 0.372. The van der Waals surface area contributed by atoms with Gasteiger partial charge in [0, 0.05) is 50.9 Å². The number of pyridine rings is 2. The first-order valence-corrected chi connectivity index (χ1v) is 11.9. The van der Waals surface area contributed by atoms with Crippen LogP contribution in [0, 0.1) is 18.2 Å². The Labute approximate surface area is 213 Å². The molecule has 9 heteroatoms. The molecule has 1 aliphatic heterocycles. The van der Waals surface area contributed by atoms with Gasteiger partial charge in [0.15, 0.2) is 0 Å². The molecule has 1 atom stereocenters. The Morgan fingerprint density at radius 3 is 2.35 bits per heavy atom. The van der Waals surface area contributed by atoms with Crippen molar-refractivity contribution in [3.05, 3.63) is 105 Å². The Balaban J connectivity index is 1.50. The highest BCUT2D eigenvalue weighted by atomic mass is 19.1. The van der Waals surface area contributed by atoms with Gasteiger partial charge in [-0.3, -0.25) is 9.69 Å². The number of anilines is 1. The lowest BCUT2D eigenvalue weighted by atomic mass is 9.95. The van der Waals surface area contributed by atoms with Gasteiger partial charge in [-0.15, -0.1) is 4.98 Å². The van der Waals surface area contributed by atoms with Crippen LogP contribution in [-0.4, -0.2) is 47.7 Å². The molecule has 1 saturated heterocycles. The summed E-state index contributed by atoms with van der Waals surface area (Å²) in [5, 5.41) is 0. The lowest BCUT2D eigenvalue weighted by Crippen LogP contribution is -2.48. The molecule has 5 rings (SSSR count). The maximum absolute atomic E-state index is 14.0. The number of ether oxygens (including phenoxy) is 1. The minimum Gasteiger partial charge on any atom is -0.496 e. The molecule has 2 aromatic heterocycles. The molecule has 1 aliphatic rings. The third kappa shape index (κ3) is 4.63. The molecular weight excluding hydrogens is 476 g/mol. The molecule has 0 N–H and O–H groups in total. The SMILES string of the molecule is [C-]#[N+]c1ccc2c(n1)c(N1CCN(C(c3ccc(F)cc3)c3ccc(F)cc3OC)CC1)cc(=O)n2C. The van der Waals surface area contributed by atoms with Crippen LogP contribution in [0.4, 0.5) is 20.3 Å². The Bertz CT molecular complexity index is 1550. The van der Waals surface area contributed by atoms with E-state index in [9.17, 15) is 13.6 Å². The zero-order valence-electron chi connectivity index (χ0n) is 20.5. The Kier molecular flexibility index (Phi) is 6.59. The van der Waals surface area contributed by atoms with E-state index in [-0.39, 0.29) is 23.2 Å². The molecule has 2 aromatic carbocycles. The summed E-state index contributed by atoms with van der Waals surface area (Å²) in [6, 6.07) is 15.4. The fourth-order valence-electron chi connectivity index (χ4n) is 4.97. The second-order valence-corrected chi connectivity index (χ2v) is 8.94. The van der Waals surface area contributed by atoms with Gasteiger partial charge < -0.3 is 19.0 Å². The van der Waals surface area contributed by atoms with Crippen LogP contribution in [0.25, 0.3) is 15.9 Å². The largest absolute Gasteiger partial charge is 0.496 e. The minimum atomic E-state index is -0.396. The van der Waals surface area contributed by atoms with Crippen molar-refractivity contribution in [2.24, 2.45) is 7.05 Å². The Morgan fingerprint density at radius 1 is 0.973 bits per heavy atom. The lowest BCUT2D eigenvalue weighted by Gasteiger charge is -2.40. The molecule has 0 amide bonds. The first kappa shape index (κ1) is 24.4. The number of aryl methyl sites for hydroxylation is 1. The Morgan fingerprint density at radius 2 is 1.68 bits per heavy atom. The van der Waals surface area contributed by atoms with Gasteiger partial charge in [0.25, 0.3) is 11.4 Å². The molecule has 0 radical (unpaired) electrons. The normalized spacial score (nSPS) is 14.9. The van der Waals surface area contributed by atoms with Gasteiger partial charge in [-0.2, -0.15) is 0 Å². The molecule has 4 aromatic rings. The fraction of sp³-hybridized carbons (Fsp3) is 0.250. The van der Waals surface area contributed by atoms with Gasteiger partial charge in [0.2, 0.25) is 5.52 Å². The van der Waals surface area contributed by atoms with E-state index in [1.807, 2.05) is 0 Å². The van der Waals surface area contributed by atoms with E-state index in [0.717, 1.165) is 11.1 Å². The first-order chi connectivity index (χ1) is 17.9. The van der Waals surface area contributed by atoms with Crippen LogP contribution in [0.15, 0.2) is 65.5 Å². The van der Waals surface area contributed by atoms with Crippen LogP contribution in [0.1, 0.15) is 17.2 Å². The minimum absolute atomic E-state index is 0.150. The summed E-state index contributed by atoms with van der Waals surface area (Å²) in [7, 11) is 3.19. The van der Waals surface area contributed by atoms with Gasteiger partial charge in [-0.05, 0) is 35.9 Å². The van der Waals surface area contributed by atoms with Gasteiger partial charge >= 0.3 is 0 Å². The standard InChI is InChI=1S/C28H25F2N5O2/c1-31-25-11-10-22-27(32-25)23(17-26(36)33(22)2)34-12-14-35(15-13-34)28(18-4-6-19(29)7-5-18)21-9-8-20(30)16-24(21)37-3/h4-11,16-17,28H,12-15H2,2-3H3. The molecule has 7 nitrogen and oxygen atoms in total. The monoisotopic (exact) mass is 501 g/mol. The summed E-state index contributed by atoms with van der Waals surface area (Å²) in [6.45, 7) is 9.75. The maximum Gasteiger partial charge on any atom is 0.270 e. The predicted octanol–water partition coefficient (Wildman–Crippen LogP) is 4.68. The summed E-state index contributed by atoms with van der Waals surface area (Å²) in [4.78, 5) is 25.0. The first-order valence-electron chi connectivity index (χ1n) is 11.9. The van der Waals surface area contributed by atoms with Crippen molar-refractivity contribution in [3.8, 4) is 5.75 Å². The van der Waals surface area contributed by atoms with Crippen molar-refractivity contribution in [2.75, 3.05) is 38.2 Å². The highest BCUT2D eigenvalue weighted by Crippen LogP contribution is 2.37. The van der Waals surface area contributed by atoms with Gasteiger partial charge in [0.1, 0.15) is 17.4 Å². The van der Waals surface area contributed by atoms with E-state index in [1.54, 1.807) is 43.4 Å². The summed E-state index contributed by atoms with van der Waals surface area (Å²) >= 11 is 0. The fourth-order valence-corrected chi connectivity index (χ4v) is 4.97. The highest BCUT2D eigenvalue weighted by Gasteiger charge is 2.30. The maximum atomic E-state index is 14.0. The molecule has 188 valence electrons. The molecule has 0 bridgehead atoms. The number of aromatic nitrogens is 2. The van der Waals surface area contributed by atoms with Gasteiger partial charge in [0.05, 0.1) is 24.4 Å². The van der Waals surface area contributed by atoms with Gasteiger partial charge in [-0.25, -0.2) is 8.78 Å². The van der Waals surface area contributed by atoms with Crippen molar-refractivity contribution in [1.29, 1.82) is 0 Å². The number of rotatable bonds is 5. The van der Waals surface area contributed by atoms with Crippen LogP contribution in [0.2, 0.25) is 0 Å². The summed E-state index contributed by atoms with van der Waals surface area (Å²) < 4.78 is 34.7. The molecule has 1 fully saturated rings. The van der Waals surface area contributed by atoms with Gasteiger partial charge in [-0.1, -0.05) is 24.8 Å². The third-order valence-electron chi connectivity index (χ3n) is 6.86. The van der Waals surface area contributed by atoms with E-state index in [2.05, 4.69) is 19.6 Å². The molecule has 0 aliphatic carbocycles. The van der Waals surface area contributed by atoms with Crippen molar-refractivity contribution in [2.45, 2.75) is 6.04 Å². The van der Waals surface area contributed by atoms with E-state index < -0.39 is 5.82 Å². The van der Waals surface area contributed by atoms with E-state index in [4.69, 9.17) is 11.3 Å². The molecular formula is C28H25F2N5O2. The van der Waals surface area contributed by atoms with Crippen molar-refractivity contribution in [1.82, 2.24) is 14.5 Å². The number of nitrogens with zero attached hydrogens (tertiary/aromatic N) is 5. The third-order valence-corrected chi connectivity index (χ3v) is 6.86. The smallest absolute Gasteiger partial charge is 0.270 e. The predicted molar refractivity (Wildman–Crippen MR) is 138 cm³/mol. The van der Waals surface area contributed by atoms with E-state index in [1.165, 1.54) is 35.9 Å². The summed E-state index contributed by atoms with van der Waals surface area (Å²) in [5.74, 6) is -0.0368. The van der Waals surface area contributed by atoms with E-state index in [0.29, 0.717) is 48.6 Å². The van der Waals surface area contributed by atoms with E-state index >= 15 is 0 Å². The van der Waals surface area contributed by atoms with Crippen LogP contribution >= 0.6 is 0 Å². The van der Waals surface area contributed by atoms with Crippen LogP contribution in [-0.2, 0) is 7.05 Å². The molecule has 0 spiro atoms. The second-order valence-electron chi connectivity index (χ2n) is 8.94. The number of methoxy groups -OCH3 is 1. The number of hydrogen-bond acceptors (Lipinski definition) is 5.